The van der Waals surface area contributed by atoms with Crippen LogP contribution in [0.4, 0.5) is 10.1 Å². The number of benzene rings is 2. The van der Waals surface area contributed by atoms with E-state index in [2.05, 4.69) is 0 Å². The number of carbonyl (C=O) groups excluding carboxylic acids is 1. The van der Waals surface area contributed by atoms with Crippen LogP contribution in [0, 0.1) is 5.82 Å². The molecule has 0 aromatic heterocycles. The van der Waals surface area contributed by atoms with Gasteiger partial charge in [-0.2, -0.15) is 0 Å². The quantitative estimate of drug-likeness (QED) is 0.695. The predicted molar refractivity (Wildman–Crippen MR) is 78.8 cm³/mol. The van der Waals surface area contributed by atoms with Gasteiger partial charge in [0.05, 0.1) is 14.2 Å². The zero-order chi connectivity index (χ0) is 15.6. The van der Waals surface area contributed by atoms with Crippen LogP contribution in [-0.4, -0.2) is 20.0 Å². The topological polar surface area (TPSA) is 61.5 Å². The van der Waals surface area contributed by atoms with Crippen LogP contribution >= 0.6 is 11.6 Å². The molecule has 0 aliphatic carbocycles. The van der Waals surface area contributed by atoms with Crippen LogP contribution in [0.15, 0.2) is 30.3 Å². The molecule has 2 aromatic carbocycles. The van der Waals surface area contributed by atoms with E-state index in [1.165, 1.54) is 32.4 Å². The van der Waals surface area contributed by atoms with Crippen LogP contribution in [0.1, 0.15) is 15.9 Å². The molecule has 2 aromatic rings. The highest BCUT2D eigenvalue weighted by molar-refractivity contribution is 6.31. The van der Waals surface area contributed by atoms with E-state index in [0.717, 1.165) is 6.07 Å². The fourth-order valence-electron chi connectivity index (χ4n) is 1.97. The van der Waals surface area contributed by atoms with Gasteiger partial charge in [0.1, 0.15) is 11.4 Å². The Morgan fingerprint density at radius 2 is 1.90 bits per heavy atom. The molecule has 2 rings (SSSR count). The molecule has 0 radical (unpaired) electrons. The highest BCUT2D eigenvalue weighted by Gasteiger charge is 2.24. The number of carbonyl (C=O) groups is 1. The van der Waals surface area contributed by atoms with Crippen molar-refractivity contribution in [2.24, 2.45) is 0 Å². The lowest BCUT2D eigenvalue weighted by molar-refractivity contribution is 0.103. The molecule has 0 unspecified atom stereocenters. The van der Waals surface area contributed by atoms with E-state index in [1.807, 2.05) is 0 Å². The minimum Gasteiger partial charge on any atom is -0.493 e. The van der Waals surface area contributed by atoms with E-state index >= 15 is 0 Å². The summed E-state index contributed by atoms with van der Waals surface area (Å²) >= 11 is 5.86. The summed E-state index contributed by atoms with van der Waals surface area (Å²) in [4.78, 5) is 12.6. The van der Waals surface area contributed by atoms with E-state index in [4.69, 9.17) is 26.8 Å². The third-order valence-corrected chi connectivity index (χ3v) is 3.22. The van der Waals surface area contributed by atoms with E-state index in [-0.39, 0.29) is 28.3 Å². The summed E-state index contributed by atoms with van der Waals surface area (Å²) in [5, 5.41) is 0.329. The molecular formula is C15H13ClFNO3. The van der Waals surface area contributed by atoms with Crippen molar-refractivity contribution < 1.29 is 18.7 Å². The summed E-state index contributed by atoms with van der Waals surface area (Å²) in [6, 6.07) is 6.94. The molecule has 0 heterocycles. The molecule has 0 saturated heterocycles. The van der Waals surface area contributed by atoms with Gasteiger partial charge in [0.2, 0.25) is 5.78 Å². The first kappa shape index (κ1) is 15.1. The SMILES string of the molecule is COc1ccc(F)c(C(=O)c2cc(Cl)ccc2N)c1OC. The highest BCUT2D eigenvalue weighted by atomic mass is 35.5. The summed E-state index contributed by atoms with van der Waals surface area (Å²) in [5.74, 6) is -1.08. The van der Waals surface area contributed by atoms with Crippen molar-refractivity contribution >= 4 is 23.1 Å². The molecule has 0 atom stereocenters. The molecule has 0 aliphatic heterocycles. The van der Waals surface area contributed by atoms with Crippen LogP contribution in [-0.2, 0) is 0 Å². The average molecular weight is 310 g/mol. The zero-order valence-corrected chi connectivity index (χ0v) is 12.2. The molecule has 2 N–H and O–H groups in total. The number of nitrogens with two attached hydrogens (primary N) is 1. The average Bonchev–Trinajstić information content (AvgIpc) is 2.48. The normalized spacial score (nSPS) is 10.3. The van der Waals surface area contributed by atoms with E-state index in [1.54, 1.807) is 6.07 Å². The summed E-state index contributed by atoms with van der Waals surface area (Å²) in [5.41, 5.74) is 5.83. The Kier molecular flexibility index (Phi) is 4.33. The van der Waals surface area contributed by atoms with Gasteiger partial charge in [-0.15, -0.1) is 0 Å². The molecule has 0 fully saturated rings. The number of ketones is 1. The fraction of sp³-hybridized carbons (Fsp3) is 0.133. The van der Waals surface area contributed by atoms with Crippen molar-refractivity contribution in [1.29, 1.82) is 0 Å². The molecule has 0 saturated carbocycles. The van der Waals surface area contributed by atoms with Crippen molar-refractivity contribution in [1.82, 2.24) is 0 Å². The Morgan fingerprint density at radius 3 is 2.52 bits per heavy atom. The third kappa shape index (κ3) is 2.78. The summed E-state index contributed by atoms with van der Waals surface area (Å²) in [6.07, 6.45) is 0. The lowest BCUT2D eigenvalue weighted by atomic mass is 10.00. The second kappa shape index (κ2) is 6.01. The summed E-state index contributed by atoms with van der Waals surface area (Å²) in [7, 11) is 2.73. The van der Waals surface area contributed by atoms with Gasteiger partial charge in [0, 0.05) is 16.3 Å². The lowest BCUT2D eigenvalue weighted by Gasteiger charge is -2.13. The number of halogens is 2. The predicted octanol–water partition coefficient (Wildman–Crippen LogP) is 3.31. The molecule has 0 aliphatic rings. The minimum atomic E-state index is -0.725. The van der Waals surface area contributed by atoms with Gasteiger partial charge in [-0.05, 0) is 30.3 Å². The molecule has 4 nitrogen and oxygen atoms in total. The van der Waals surface area contributed by atoms with E-state index < -0.39 is 11.6 Å². The number of hydrogen-bond donors (Lipinski definition) is 1. The second-order valence-corrected chi connectivity index (χ2v) is 4.66. The lowest BCUT2D eigenvalue weighted by Crippen LogP contribution is -2.10. The first-order valence-corrected chi connectivity index (χ1v) is 6.37. The number of methoxy groups -OCH3 is 2. The minimum absolute atomic E-state index is 0.0156. The Hall–Kier alpha value is -2.27. The number of rotatable bonds is 4. The standard InChI is InChI=1S/C15H13ClFNO3/c1-20-12-6-4-10(17)13(15(12)21-2)14(19)9-7-8(16)3-5-11(9)18/h3-7H,18H2,1-2H3. The molecule has 6 heteroatoms. The first-order chi connectivity index (χ1) is 9.99. The first-order valence-electron chi connectivity index (χ1n) is 5.99. The Bertz CT molecular complexity index is 704. The largest absolute Gasteiger partial charge is 0.493 e. The third-order valence-electron chi connectivity index (χ3n) is 2.98. The maximum Gasteiger partial charge on any atom is 0.201 e. The zero-order valence-electron chi connectivity index (χ0n) is 11.4. The van der Waals surface area contributed by atoms with Gasteiger partial charge in [-0.1, -0.05) is 11.6 Å². The molecule has 0 amide bonds. The Balaban J connectivity index is 2.65. The fourth-order valence-corrected chi connectivity index (χ4v) is 2.15. The van der Waals surface area contributed by atoms with Crippen molar-refractivity contribution in [2.45, 2.75) is 0 Å². The number of hydrogen-bond acceptors (Lipinski definition) is 4. The maximum absolute atomic E-state index is 14.1. The Morgan fingerprint density at radius 1 is 1.19 bits per heavy atom. The van der Waals surface area contributed by atoms with Crippen LogP contribution in [0.5, 0.6) is 11.5 Å². The van der Waals surface area contributed by atoms with E-state index in [9.17, 15) is 9.18 Å². The van der Waals surface area contributed by atoms with Crippen LogP contribution < -0.4 is 15.2 Å². The van der Waals surface area contributed by atoms with Crippen molar-refractivity contribution in [3.8, 4) is 11.5 Å². The maximum atomic E-state index is 14.1. The molecule has 21 heavy (non-hydrogen) atoms. The Labute approximate surface area is 126 Å². The summed E-state index contributed by atoms with van der Waals surface area (Å²) in [6.45, 7) is 0. The number of anilines is 1. The van der Waals surface area contributed by atoms with Crippen LogP contribution in [0.25, 0.3) is 0 Å². The number of ether oxygens (including phenoxy) is 2. The molecule has 0 spiro atoms. The molecule has 110 valence electrons. The van der Waals surface area contributed by atoms with E-state index in [0.29, 0.717) is 5.02 Å². The van der Waals surface area contributed by atoms with Crippen molar-refractivity contribution in [3.63, 3.8) is 0 Å². The molecule has 0 bridgehead atoms. The van der Waals surface area contributed by atoms with Crippen molar-refractivity contribution in [2.75, 3.05) is 20.0 Å². The van der Waals surface area contributed by atoms with Gasteiger partial charge >= 0.3 is 0 Å². The van der Waals surface area contributed by atoms with Gasteiger partial charge < -0.3 is 15.2 Å². The van der Waals surface area contributed by atoms with Crippen LogP contribution in [0.2, 0.25) is 5.02 Å². The second-order valence-electron chi connectivity index (χ2n) is 4.22. The smallest absolute Gasteiger partial charge is 0.201 e. The van der Waals surface area contributed by atoms with Gasteiger partial charge in [0.25, 0.3) is 0 Å². The van der Waals surface area contributed by atoms with Gasteiger partial charge in [0.15, 0.2) is 11.5 Å². The van der Waals surface area contributed by atoms with Crippen molar-refractivity contribution in [3.05, 3.63) is 52.3 Å². The number of nitrogen functional groups attached to an aromatic ring is 1. The van der Waals surface area contributed by atoms with Gasteiger partial charge in [-0.25, -0.2) is 4.39 Å². The van der Waals surface area contributed by atoms with Crippen LogP contribution in [0.3, 0.4) is 0 Å². The highest BCUT2D eigenvalue weighted by Crippen LogP contribution is 2.35. The summed E-state index contributed by atoms with van der Waals surface area (Å²) < 4.78 is 24.3. The molecular weight excluding hydrogens is 297 g/mol. The van der Waals surface area contributed by atoms with Gasteiger partial charge in [-0.3, -0.25) is 4.79 Å². The monoisotopic (exact) mass is 309 g/mol.